The van der Waals surface area contributed by atoms with E-state index in [-0.39, 0.29) is 17.3 Å². The van der Waals surface area contributed by atoms with E-state index in [4.69, 9.17) is 4.74 Å². The van der Waals surface area contributed by atoms with Gasteiger partial charge in [0.15, 0.2) is 0 Å². The van der Waals surface area contributed by atoms with Crippen molar-refractivity contribution >= 4 is 32.4 Å². The molecule has 0 saturated carbocycles. The molecule has 4 aromatic rings. The minimum atomic E-state index is -4.58. The van der Waals surface area contributed by atoms with Crippen LogP contribution < -0.4 is 20.1 Å². The average Bonchev–Trinajstić information content (AvgIpc) is 2.96. The van der Waals surface area contributed by atoms with E-state index in [9.17, 15) is 21.6 Å². The van der Waals surface area contributed by atoms with Gasteiger partial charge in [-0.1, -0.05) is 19.1 Å². The van der Waals surface area contributed by atoms with Crippen molar-refractivity contribution in [3.8, 4) is 22.9 Å². The van der Waals surface area contributed by atoms with E-state index in [0.29, 0.717) is 33.9 Å². The standard InChI is InChI=1S/C29H31F3N6O3S/c1-3-29(31,32)17-42(39,40)38-25-20-9-8-18(2)26(21(20)10-11-23(25)30)41-27-22(7-5-14-34-27)24-12-15-35-28(37-24)36-19-6-4-13-33-16-19/h5,7-12,14-15,19,33,38H,3-4,6,13,16-17H2,1-2H3,(H,35,36,37)/t19-/m0/s1. The van der Waals surface area contributed by atoms with E-state index < -0.39 is 39.6 Å². The third-order valence-electron chi connectivity index (χ3n) is 7.00. The summed E-state index contributed by atoms with van der Waals surface area (Å²) in [6.45, 7) is 4.75. The molecule has 0 radical (unpaired) electrons. The minimum absolute atomic E-state index is 0.145. The summed E-state index contributed by atoms with van der Waals surface area (Å²) in [7, 11) is -4.58. The fraction of sp³-hybridized carbons (Fsp3) is 0.345. The molecule has 0 amide bonds. The van der Waals surface area contributed by atoms with Gasteiger partial charge >= 0.3 is 0 Å². The van der Waals surface area contributed by atoms with E-state index in [2.05, 4.69) is 25.6 Å². The molecule has 3 N–H and O–H groups in total. The van der Waals surface area contributed by atoms with Gasteiger partial charge in [0.2, 0.25) is 21.9 Å². The van der Waals surface area contributed by atoms with Crippen LogP contribution in [0.1, 0.15) is 31.7 Å². The number of pyridine rings is 1. The Labute approximate surface area is 242 Å². The fourth-order valence-corrected chi connectivity index (χ4v) is 6.12. The molecule has 13 heteroatoms. The Morgan fingerprint density at radius 2 is 1.90 bits per heavy atom. The van der Waals surface area contributed by atoms with Crippen LogP contribution in [-0.2, 0) is 10.0 Å². The van der Waals surface area contributed by atoms with Crippen LogP contribution in [-0.4, -0.2) is 54.2 Å². The van der Waals surface area contributed by atoms with E-state index in [0.717, 1.165) is 32.0 Å². The second-order valence-electron chi connectivity index (χ2n) is 10.2. The number of sulfonamides is 1. The van der Waals surface area contributed by atoms with Crippen molar-refractivity contribution in [3.05, 3.63) is 66.2 Å². The number of piperidine rings is 1. The summed E-state index contributed by atoms with van der Waals surface area (Å²) in [4.78, 5) is 13.4. The number of halogens is 3. The first-order chi connectivity index (χ1) is 20.0. The Hall–Kier alpha value is -3.97. The van der Waals surface area contributed by atoms with Crippen LogP contribution in [0.2, 0.25) is 0 Å². The highest BCUT2D eigenvalue weighted by molar-refractivity contribution is 7.92. The van der Waals surface area contributed by atoms with Crippen LogP contribution in [0.4, 0.5) is 24.8 Å². The predicted molar refractivity (Wildman–Crippen MR) is 156 cm³/mol. The van der Waals surface area contributed by atoms with Crippen LogP contribution >= 0.6 is 0 Å². The maximum Gasteiger partial charge on any atom is 0.263 e. The van der Waals surface area contributed by atoms with Crippen molar-refractivity contribution in [1.82, 2.24) is 20.3 Å². The highest BCUT2D eigenvalue weighted by Gasteiger charge is 2.34. The first-order valence-corrected chi connectivity index (χ1v) is 15.2. The molecular formula is C29H31F3N6O3S. The number of nitrogens with one attached hydrogen (secondary N) is 3. The van der Waals surface area contributed by atoms with Gasteiger partial charge in [-0.25, -0.2) is 36.5 Å². The first kappa shape index (κ1) is 29.5. The third kappa shape index (κ3) is 6.73. The molecule has 0 bridgehead atoms. The van der Waals surface area contributed by atoms with Crippen LogP contribution in [0.5, 0.6) is 11.6 Å². The van der Waals surface area contributed by atoms with Crippen LogP contribution in [0.3, 0.4) is 0 Å². The molecular weight excluding hydrogens is 569 g/mol. The molecule has 9 nitrogen and oxygen atoms in total. The molecule has 5 rings (SSSR count). The molecule has 1 aliphatic rings. The fourth-order valence-electron chi connectivity index (χ4n) is 4.77. The number of nitrogens with zero attached hydrogens (tertiary/aromatic N) is 3. The second kappa shape index (κ2) is 12.1. The summed E-state index contributed by atoms with van der Waals surface area (Å²) in [5.41, 5.74) is 1.36. The monoisotopic (exact) mass is 600 g/mol. The zero-order valence-electron chi connectivity index (χ0n) is 23.1. The molecule has 1 fully saturated rings. The molecule has 1 saturated heterocycles. The van der Waals surface area contributed by atoms with Crippen LogP contribution in [0, 0.1) is 12.7 Å². The van der Waals surface area contributed by atoms with Crippen molar-refractivity contribution < 1.29 is 26.3 Å². The number of alkyl halides is 2. The van der Waals surface area contributed by atoms with Gasteiger partial charge in [-0.2, -0.15) is 0 Å². The van der Waals surface area contributed by atoms with Gasteiger partial charge in [-0.3, -0.25) is 4.72 Å². The summed E-state index contributed by atoms with van der Waals surface area (Å²) in [6, 6.07) is 11.1. The highest BCUT2D eigenvalue weighted by atomic mass is 32.2. The van der Waals surface area contributed by atoms with E-state index in [1.807, 2.05) is 4.72 Å². The summed E-state index contributed by atoms with van der Waals surface area (Å²) in [5.74, 6) is -4.85. The maximum atomic E-state index is 14.9. The zero-order chi connectivity index (χ0) is 29.9. The lowest BCUT2D eigenvalue weighted by atomic mass is 10.0. The molecule has 0 spiro atoms. The predicted octanol–water partition coefficient (Wildman–Crippen LogP) is 5.88. The van der Waals surface area contributed by atoms with Crippen LogP contribution in [0.15, 0.2) is 54.9 Å². The van der Waals surface area contributed by atoms with Gasteiger partial charge < -0.3 is 15.4 Å². The van der Waals surface area contributed by atoms with Crippen molar-refractivity contribution in [3.63, 3.8) is 0 Å². The summed E-state index contributed by atoms with van der Waals surface area (Å²) >= 11 is 0. The van der Waals surface area contributed by atoms with Crippen LogP contribution in [0.25, 0.3) is 22.0 Å². The van der Waals surface area contributed by atoms with Crippen molar-refractivity contribution in [2.45, 2.75) is 45.1 Å². The van der Waals surface area contributed by atoms with Gasteiger partial charge in [0.05, 0.1) is 16.9 Å². The van der Waals surface area contributed by atoms with Crippen molar-refractivity contribution in [2.24, 2.45) is 0 Å². The summed E-state index contributed by atoms with van der Waals surface area (Å²) < 4.78 is 76.1. The number of rotatable bonds is 10. The molecule has 1 atom stereocenters. The maximum absolute atomic E-state index is 14.9. The Bertz CT molecular complexity index is 1700. The average molecular weight is 601 g/mol. The zero-order valence-corrected chi connectivity index (χ0v) is 23.9. The second-order valence-corrected chi connectivity index (χ2v) is 11.9. The molecule has 0 aliphatic carbocycles. The van der Waals surface area contributed by atoms with Gasteiger partial charge in [0.1, 0.15) is 17.3 Å². The summed E-state index contributed by atoms with van der Waals surface area (Å²) in [6.07, 6.45) is 4.59. The lowest BCUT2D eigenvalue weighted by molar-refractivity contribution is 0.0219. The number of fused-ring (bicyclic) bond motifs is 1. The Morgan fingerprint density at radius 3 is 2.67 bits per heavy atom. The molecule has 222 valence electrons. The molecule has 2 aromatic carbocycles. The van der Waals surface area contributed by atoms with Gasteiger partial charge in [-0.15, -0.1) is 0 Å². The number of aryl methyl sites for hydroxylation is 1. The Morgan fingerprint density at radius 1 is 1.10 bits per heavy atom. The molecule has 42 heavy (non-hydrogen) atoms. The van der Waals surface area contributed by atoms with Crippen molar-refractivity contribution in [1.29, 1.82) is 0 Å². The number of anilines is 2. The van der Waals surface area contributed by atoms with Gasteiger partial charge in [0.25, 0.3) is 5.92 Å². The summed E-state index contributed by atoms with van der Waals surface area (Å²) in [5, 5.41) is 7.21. The van der Waals surface area contributed by atoms with Gasteiger partial charge in [-0.05, 0) is 62.2 Å². The van der Waals surface area contributed by atoms with Crippen molar-refractivity contribution in [2.75, 3.05) is 28.9 Å². The quantitative estimate of drug-likeness (QED) is 0.207. The third-order valence-corrected chi connectivity index (χ3v) is 8.32. The lowest BCUT2D eigenvalue weighted by Gasteiger charge is -2.23. The van der Waals surface area contributed by atoms with E-state index >= 15 is 0 Å². The smallest absolute Gasteiger partial charge is 0.263 e. The number of aromatic nitrogens is 3. The number of hydrogen-bond acceptors (Lipinski definition) is 8. The number of benzene rings is 2. The highest BCUT2D eigenvalue weighted by Crippen LogP contribution is 2.40. The Balaban J connectivity index is 1.49. The molecule has 2 aromatic heterocycles. The molecule has 3 heterocycles. The van der Waals surface area contributed by atoms with Gasteiger partial charge in [0, 0.05) is 42.2 Å². The number of ether oxygens (including phenoxy) is 1. The SMILES string of the molecule is CCC(F)(F)CS(=O)(=O)Nc1c(F)ccc2c(Oc3ncccc3-c3ccnc(N[C@H]4CCCNC4)n3)c(C)ccc12. The molecule has 1 aliphatic heterocycles. The largest absolute Gasteiger partial charge is 0.437 e. The number of hydrogen-bond donors (Lipinski definition) is 3. The molecule has 0 unspecified atom stereocenters. The topological polar surface area (TPSA) is 118 Å². The van der Waals surface area contributed by atoms with E-state index in [1.165, 1.54) is 19.1 Å². The first-order valence-electron chi connectivity index (χ1n) is 13.6. The Kier molecular flexibility index (Phi) is 8.50. The minimum Gasteiger partial charge on any atom is -0.437 e. The normalized spacial score (nSPS) is 15.9. The van der Waals surface area contributed by atoms with E-state index in [1.54, 1.807) is 43.6 Å². The lowest BCUT2D eigenvalue weighted by Crippen LogP contribution is -2.38.